The molecule has 0 spiro atoms. The van der Waals surface area contributed by atoms with E-state index in [1.54, 1.807) is 25.5 Å². The Balaban J connectivity index is 1.81. The molecule has 2 aromatic heterocycles. The van der Waals surface area contributed by atoms with Crippen LogP contribution in [-0.4, -0.2) is 30.4 Å². The van der Waals surface area contributed by atoms with Crippen molar-refractivity contribution in [3.8, 4) is 0 Å². The number of hydrogen-bond donors (Lipinski definition) is 1. The van der Waals surface area contributed by atoms with Gasteiger partial charge >= 0.3 is 5.69 Å². The number of benzene rings is 1. The fourth-order valence-corrected chi connectivity index (χ4v) is 3.34. The van der Waals surface area contributed by atoms with Crippen LogP contribution in [0.5, 0.6) is 0 Å². The van der Waals surface area contributed by atoms with Gasteiger partial charge in [0.1, 0.15) is 17.9 Å². The number of amides is 1. The van der Waals surface area contributed by atoms with Gasteiger partial charge in [0.2, 0.25) is 5.91 Å². The standard InChI is InChI=1S/C19H21ClN6O3/c1-11-18(13(3)24(23-11)10-15-7-5-6-8-16(15)20)22-19(27)14(4)25-12(2)17(9-21-25)26(28)29/h5-9,14H,10H2,1-4H3,(H,22,27). The number of nitrogens with zero attached hydrogens (tertiary/aromatic N) is 5. The number of aromatic nitrogens is 4. The van der Waals surface area contributed by atoms with Gasteiger partial charge in [-0.05, 0) is 39.3 Å². The fourth-order valence-electron chi connectivity index (χ4n) is 3.14. The van der Waals surface area contributed by atoms with Crippen molar-refractivity contribution in [3.63, 3.8) is 0 Å². The number of rotatable bonds is 6. The Hall–Kier alpha value is -3.20. The van der Waals surface area contributed by atoms with Gasteiger partial charge in [-0.1, -0.05) is 29.8 Å². The monoisotopic (exact) mass is 416 g/mol. The van der Waals surface area contributed by atoms with E-state index >= 15 is 0 Å². The number of carbonyl (C=O) groups is 1. The van der Waals surface area contributed by atoms with Gasteiger partial charge in [0.25, 0.3) is 0 Å². The van der Waals surface area contributed by atoms with Crippen LogP contribution in [0, 0.1) is 30.9 Å². The number of carbonyl (C=O) groups excluding carboxylic acids is 1. The van der Waals surface area contributed by atoms with Crippen molar-refractivity contribution in [3.05, 3.63) is 68.2 Å². The third-order valence-electron chi connectivity index (χ3n) is 4.87. The molecule has 0 fully saturated rings. The molecule has 1 amide bonds. The quantitative estimate of drug-likeness (QED) is 0.485. The zero-order valence-electron chi connectivity index (χ0n) is 16.5. The first-order valence-corrected chi connectivity index (χ1v) is 9.35. The minimum absolute atomic E-state index is 0.121. The van der Waals surface area contributed by atoms with Gasteiger partial charge in [-0.3, -0.25) is 24.3 Å². The Morgan fingerprint density at radius 1 is 1.28 bits per heavy atom. The lowest BCUT2D eigenvalue weighted by molar-refractivity contribution is -0.385. The van der Waals surface area contributed by atoms with E-state index in [-0.39, 0.29) is 11.6 Å². The lowest BCUT2D eigenvalue weighted by Crippen LogP contribution is -2.25. The largest absolute Gasteiger partial charge is 0.321 e. The van der Waals surface area contributed by atoms with Gasteiger partial charge in [0.15, 0.2) is 0 Å². The highest BCUT2D eigenvalue weighted by molar-refractivity contribution is 6.31. The molecule has 0 aliphatic rings. The summed E-state index contributed by atoms with van der Waals surface area (Å²) in [5.74, 6) is -0.338. The highest BCUT2D eigenvalue weighted by atomic mass is 35.5. The van der Waals surface area contributed by atoms with Gasteiger partial charge in [0.05, 0.1) is 28.5 Å². The first-order valence-electron chi connectivity index (χ1n) is 8.97. The summed E-state index contributed by atoms with van der Waals surface area (Å²) in [4.78, 5) is 23.3. The highest BCUT2D eigenvalue weighted by Crippen LogP contribution is 2.25. The second-order valence-corrected chi connectivity index (χ2v) is 7.18. The van der Waals surface area contributed by atoms with Gasteiger partial charge < -0.3 is 5.32 Å². The maximum absolute atomic E-state index is 12.8. The molecule has 0 bridgehead atoms. The van der Waals surface area contributed by atoms with Crippen LogP contribution in [0.3, 0.4) is 0 Å². The van der Waals surface area contributed by atoms with E-state index < -0.39 is 11.0 Å². The molecule has 10 heteroatoms. The maximum atomic E-state index is 12.8. The van der Waals surface area contributed by atoms with Crippen molar-refractivity contribution in [1.29, 1.82) is 0 Å². The molecule has 3 aromatic rings. The predicted molar refractivity (Wildman–Crippen MR) is 109 cm³/mol. The molecule has 9 nitrogen and oxygen atoms in total. The molecule has 0 aliphatic carbocycles. The molecule has 152 valence electrons. The van der Waals surface area contributed by atoms with Gasteiger partial charge in [-0.25, -0.2) is 0 Å². The van der Waals surface area contributed by atoms with E-state index in [9.17, 15) is 14.9 Å². The van der Waals surface area contributed by atoms with Crippen molar-refractivity contribution < 1.29 is 9.72 Å². The number of anilines is 1. The van der Waals surface area contributed by atoms with E-state index in [1.807, 2.05) is 31.2 Å². The van der Waals surface area contributed by atoms with Gasteiger partial charge in [-0.2, -0.15) is 10.2 Å². The summed E-state index contributed by atoms with van der Waals surface area (Å²) >= 11 is 6.24. The van der Waals surface area contributed by atoms with E-state index in [2.05, 4.69) is 15.5 Å². The van der Waals surface area contributed by atoms with Crippen LogP contribution in [0.4, 0.5) is 11.4 Å². The summed E-state index contributed by atoms with van der Waals surface area (Å²) in [6, 6.07) is 6.78. The fraction of sp³-hybridized carbons (Fsp3) is 0.316. The maximum Gasteiger partial charge on any atom is 0.309 e. The molecule has 1 unspecified atom stereocenters. The number of nitrogens with one attached hydrogen (secondary N) is 1. The Labute approximate surface area is 172 Å². The van der Waals surface area contributed by atoms with Crippen molar-refractivity contribution in [2.45, 2.75) is 40.3 Å². The Bertz CT molecular complexity index is 1090. The first-order chi connectivity index (χ1) is 13.7. The molecule has 1 aromatic carbocycles. The molecule has 0 aliphatic heterocycles. The Morgan fingerprint density at radius 3 is 2.59 bits per heavy atom. The predicted octanol–water partition coefficient (Wildman–Crippen LogP) is 3.81. The summed E-state index contributed by atoms with van der Waals surface area (Å²) in [6.07, 6.45) is 1.15. The molecule has 1 atom stereocenters. The minimum Gasteiger partial charge on any atom is -0.321 e. The third-order valence-corrected chi connectivity index (χ3v) is 5.24. The number of hydrogen-bond acceptors (Lipinski definition) is 5. The Kier molecular flexibility index (Phi) is 5.69. The van der Waals surface area contributed by atoms with Crippen molar-refractivity contribution in [2.24, 2.45) is 0 Å². The summed E-state index contributed by atoms with van der Waals surface area (Å²) in [5.41, 5.74) is 3.17. The highest BCUT2D eigenvalue weighted by Gasteiger charge is 2.25. The van der Waals surface area contributed by atoms with Crippen molar-refractivity contribution in [2.75, 3.05) is 5.32 Å². The lowest BCUT2D eigenvalue weighted by atomic mass is 10.2. The van der Waals surface area contributed by atoms with Crippen molar-refractivity contribution in [1.82, 2.24) is 19.6 Å². The summed E-state index contributed by atoms with van der Waals surface area (Å²) in [5, 5.41) is 23.0. The molecular weight excluding hydrogens is 396 g/mol. The van der Waals surface area contributed by atoms with Crippen LogP contribution < -0.4 is 5.32 Å². The second kappa shape index (κ2) is 8.04. The molecule has 0 saturated heterocycles. The van der Waals surface area contributed by atoms with Gasteiger partial charge in [0, 0.05) is 5.02 Å². The average Bonchev–Trinajstić information content (AvgIpc) is 3.18. The lowest BCUT2D eigenvalue weighted by Gasteiger charge is -2.14. The second-order valence-electron chi connectivity index (χ2n) is 6.78. The molecule has 3 rings (SSSR count). The summed E-state index contributed by atoms with van der Waals surface area (Å²) in [7, 11) is 0. The number of halogens is 1. The minimum atomic E-state index is -0.727. The average molecular weight is 417 g/mol. The smallest absolute Gasteiger partial charge is 0.309 e. The van der Waals surface area contributed by atoms with Gasteiger partial charge in [-0.15, -0.1) is 0 Å². The zero-order valence-corrected chi connectivity index (χ0v) is 17.3. The van der Waals surface area contributed by atoms with E-state index in [4.69, 9.17) is 11.6 Å². The molecular formula is C19H21ClN6O3. The molecule has 0 saturated carbocycles. The van der Waals surface area contributed by atoms with Crippen LogP contribution in [0.2, 0.25) is 5.02 Å². The van der Waals surface area contributed by atoms with Crippen LogP contribution in [0.15, 0.2) is 30.5 Å². The first kappa shape index (κ1) is 20.5. The summed E-state index contributed by atoms with van der Waals surface area (Å²) < 4.78 is 3.12. The van der Waals surface area contributed by atoms with Crippen LogP contribution in [-0.2, 0) is 11.3 Å². The normalized spacial score (nSPS) is 12.0. The molecule has 2 heterocycles. The van der Waals surface area contributed by atoms with Crippen molar-refractivity contribution >= 4 is 28.9 Å². The molecule has 29 heavy (non-hydrogen) atoms. The summed E-state index contributed by atoms with van der Waals surface area (Å²) in [6.45, 7) is 7.34. The molecule has 1 N–H and O–H groups in total. The van der Waals surface area contributed by atoms with Crippen LogP contribution >= 0.6 is 11.6 Å². The van der Waals surface area contributed by atoms with E-state index in [0.29, 0.717) is 28.6 Å². The van der Waals surface area contributed by atoms with Crippen LogP contribution in [0.1, 0.15) is 35.6 Å². The van der Waals surface area contributed by atoms with E-state index in [0.717, 1.165) is 17.5 Å². The van der Waals surface area contributed by atoms with Crippen LogP contribution in [0.25, 0.3) is 0 Å². The third kappa shape index (κ3) is 4.00. The van der Waals surface area contributed by atoms with E-state index in [1.165, 1.54) is 4.68 Å². The number of nitro groups is 1. The zero-order chi connectivity index (χ0) is 21.3. The topological polar surface area (TPSA) is 108 Å². The Morgan fingerprint density at radius 2 is 1.97 bits per heavy atom. The number of aryl methyl sites for hydroxylation is 1. The molecule has 0 radical (unpaired) electrons. The SMILES string of the molecule is Cc1nn(Cc2ccccc2Cl)c(C)c1NC(=O)C(C)n1ncc([N+](=O)[O-])c1C.